The third kappa shape index (κ3) is 4.04. The van der Waals surface area contributed by atoms with E-state index in [1.54, 1.807) is 0 Å². The maximum absolute atomic E-state index is 10.1. The lowest BCUT2D eigenvalue weighted by Crippen LogP contribution is -2.30. The first-order valence-electron chi connectivity index (χ1n) is 4.94. The Labute approximate surface area is 74.8 Å². The van der Waals surface area contributed by atoms with Crippen LogP contribution in [0.25, 0.3) is 0 Å². The molecule has 1 rings (SSSR count). The largest absolute Gasteiger partial charge is 0.315 e. The summed E-state index contributed by atoms with van der Waals surface area (Å²) in [7, 11) is 0. The van der Waals surface area contributed by atoms with E-state index in [-0.39, 0.29) is 6.61 Å². The number of hydrogen-bond acceptors (Lipinski definition) is 2. The fraction of sp³-hybridized carbons (Fsp3) is 1.00. The second kappa shape index (κ2) is 6.40. The van der Waals surface area contributed by atoms with Gasteiger partial charge in [0.1, 0.15) is 0 Å². The molecule has 0 spiro atoms. The third-order valence-electron chi connectivity index (χ3n) is 2.30. The van der Waals surface area contributed by atoms with E-state index < -0.39 is 0 Å². The third-order valence-corrected chi connectivity index (χ3v) is 2.30. The van der Waals surface area contributed by atoms with Gasteiger partial charge in [0.15, 0.2) is 0 Å². The number of rotatable bonds is 6. The molecule has 1 heterocycles. The Morgan fingerprint density at radius 3 is 2.58 bits per heavy atom. The summed E-state index contributed by atoms with van der Waals surface area (Å²) in [5, 5.41) is 13.4. The van der Waals surface area contributed by atoms with E-state index >= 15 is 0 Å². The van der Waals surface area contributed by atoms with Gasteiger partial charge in [-0.3, -0.25) is 0 Å². The molecule has 1 aliphatic rings. The summed E-state index contributed by atoms with van der Waals surface area (Å²) >= 11 is 0. The molecule has 1 saturated heterocycles. The minimum absolute atomic E-state index is 0.0523. The SMILES string of the molecule is [O]CCCNCCN1CCCC1. The van der Waals surface area contributed by atoms with Gasteiger partial charge in [0, 0.05) is 13.1 Å². The maximum atomic E-state index is 10.1. The van der Waals surface area contributed by atoms with Crippen LogP contribution in [0, 0.1) is 0 Å². The predicted octanol–water partition coefficient (Wildman–Crippen LogP) is 0.492. The second-order valence-corrected chi connectivity index (χ2v) is 3.36. The van der Waals surface area contributed by atoms with E-state index in [4.69, 9.17) is 0 Å². The number of likely N-dealkylation sites (tertiary alicyclic amines) is 1. The molecule has 1 aliphatic heterocycles. The lowest BCUT2D eigenvalue weighted by atomic mass is 10.4. The zero-order valence-electron chi connectivity index (χ0n) is 7.72. The van der Waals surface area contributed by atoms with Crippen molar-refractivity contribution in [1.29, 1.82) is 0 Å². The second-order valence-electron chi connectivity index (χ2n) is 3.36. The van der Waals surface area contributed by atoms with Gasteiger partial charge in [-0.1, -0.05) is 0 Å². The van der Waals surface area contributed by atoms with E-state index in [1.807, 2.05) is 0 Å². The molecular formula is C9H19N2O. The average Bonchev–Trinajstić information content (AvgIpc) is 2.57. The Morgan fingerprint density at radius 1 is 1.17 bits per heavy atom. The molecule has 12 heavy (non-hydrogen) atoms. The molecular weight excluding hydrogens is 152 g/mol. The van der Waals surface area contributed by atoms with Gasteiger partial charge in [-0.15, -0.1) is 0 Å². The van der Waals surface area contributed by atoms with Crippen molar-refractivity contribution >= 4 is 0 Å². The molecule has 0 aliphatic carbocycles. The summed E-state index contributed by atoms with van der Waals surface area (Å²) in [4.78, 5) is 2.48. The van der Waals surface area contributed by atoms with Crippen LogP contribution in [0.5, 0.6) is 0 Å². The number of hydrogen-bond donors (Lipinski definition) is 1. The molecule has 3 heteroatoms. The number of nitrogens with zero attached hydrogens (tertiary/aromatic N) is 1. The van der Waals surface area contributed by atoms with Crippen molar-refractivity contribution in [2.24, 2.45) is 0 Å². The Kier molecular flexibility index (Phi) is 5.32. The molecule has 0 unspecified atom stereocenters. The highest BCUT2D eigenvalue weighted by Gasteiger charge is 2.09. The van der Waals surface area contributed by atoms with Crippen molar-refractivity contribution in [3.8, 4) is 0 Å². The van der Waals surface area contributed by atoms with Gasteiger partial charge in [-0.05, 0) is 38.9 Å². The minimum Gasteiger partial charge on any atom is -0.315 e. The van der Waals surface area contributed by atoms with Crippen molar-refractivity contribution in [3.63, 3.8) is 0 Å². The molecule has 0 bridgehead atoms. The molecule has 0 aromatic carbocycles. The van der Waals surface area contributed by atoms with Crippen molar-refractivity contribution in [3.05, 3.63) is 0 Å². The Bertz CT molecular complexity index is 103. The fourth-order valence-corrected chi connectivity index (χ4v) is 1.57. The van der Waals surface area contributed by atoms with Crippen LogP contribution in [-0.4, -0.2) is 44.2 Å². The summed E-state index contributed by atoms with van der Waals surface area (Å²) in [5.41, 5.74) is 0. The highest BCUT2D eigenvalue weighted by molar-refractivity contribution is 4.66. The van der Waals surface area contributed by atoms with E-state index in [0.29, 0.717) is 0 Å². The lowest BCUT2D eigenvalue weighted by molar-refractivity contribution is 0.188. The molecule has 0 saturated carbocycles. The zero-order chi connectivity index (χ0) is 8.65. The molecule has 0 atom stereocenters. The van der Waals surface area contributed by atoms with Gasteiger partial charge in [-0.25, -0.2) is 5.11 Å². The quantitative estimate of drug-likeness (QED) is 0.590. The fourth-order valence-electron chi connectivity index (χ4n) is 1.57. The molecule has 3 nitrogen and oxygen atoms in total. The van der Waals surface area contributed by atoms with E-state index in [2.05, 4.69) is 10.2 Å². The van der Waals surface area contributed by atoms with Crippen LogP contribution in [0.2, 0.25) is 0 Å². The Morgan fingerprint density at radius 2 is 1.92 bits per heavy atom. The molecule has 1 N–H and O–H groups in total. The molecule has 71 valence electrons. The first kappa shape index (κ1) is 9.96. The summed E-state index contributed by atoms with van der Waals surface area (Å²) in [5.74, 6) is 0. The summed E-state index contributed by atoms with van der Waals surface area (Å²) in [6.45, 7) is 5.67. The Hall–Kier alpha value is -0.120. The topological polar surface area (TPSA) is 35.2 Å². The summed E-state index contributed by atoms with van der Waals surface area (Å²) in [6, 6.07) is 0. The van der Waals surface area contributed by atoms with Gasteiger partial charge >= 0.3 is 0 Å². The monoisotopic (exact) mass is 171 g/mol. The summed E-state index contributed by atoms with van der Waals surface area (Å²) in [6.07, 6.45) is 3.49. The van der Waals surface area contributed by atoms with Crippen LogP contribution in [0.15, 0.2) is 0 Å². The van der Waals surface area contributed by atoms with Gasteiger partial charge < -0.3 is 10.2 Å². The zero-order valence-corrected chi connectivity index (χ0v) is 7.72. The average molecular weight is 171 g/mol. The standard InChI is InChI=1S/C9H19N2O/c12-9-3-4-10-5-8-11-6-1-2-7-11/h10H,1-9H2. The molecule has 0 aromatic heterocycles. The lowest BCUT2D eigenvalue weighted by Gasteiger charge is -2.14. The van der Waals surface area contributed by atoms with Gasteiger partial charge in [0.25, 0.3) is 0 Å². The highest BCUT2D eigenvalue weighted by atomic mass is 16.3. The van der Waals surface area contributed by atoms with Crippen molar-refractivity contribution in [2.75, 3.05) is 39.3 Å². The normalized spacial score (nSPS) is 18.8. The molecule has 0 amide bonds. The Balaban J connectivity index is 1.81. The van der Waals surface area contributed by atoms with E-state index in [0.717, 1.165) is 26.1 Å². The first-order valence-corrected chi connectivity index (χ1v) is 4.94. The van der Waals surface area contributed by atoms with Crippen LogP contribution in [-0.2, 0) is 5.11 Å². The predicted molar refractivity (Wildman–Crippen MR) is 48.7 cm³/mol. The van der Waals surface area contributed by atoms with E-state index in [1.165, 1.54) is 25.9 Å². The maximum Gasteiger partial charge on any atom is 0.0834 e. The van der Waals surface area contributed by atoms with Crippen LogP contribution in [0.1, 0.15) is 19.3 Å². The van der Waals surface area contributed by atoms with Crippen molar-refractivity contribution < 1.29 is 5.11 Å². The van der Waals surface area contributed by atoms with Gasteiger partial charge in [0.05, 0.1) is 6.61 Å². The van der Waals surface area contributed by atoms with Crippen LogP contribution < -0.4 is 5.32 Å². The van der Waals surface area contributed by atoms with Crippen LogP contribution in [0.3, 0.4) is 0 Å². The van der Waals surface area contributed by atoms with Crippen molar-refractivity contribution in [2.45, 2.75) is 19.3 Å². The molecule has 1 radical (unpaired) electrons. The molecule has 1 fully saturated rings. The van der Waals surface area contributed by atoms with Crippen LogP contribution >= 0.6 is 0 Å². The van der Waals surface area contributed by atoms with Gasteiger partial charge in [0.2, 0.25) is 0 Å². The molecule has 0 aromatic rings. The smallest absolute Gasteiger partial charge is 0.0834 e. The first-order chi connectivity index (χ1) is 5.93. The van der Waals surface area contributed by atoms with Gasteiger partial charge in [-0.2, -0.15) is 0 Å². The number of nitrogens with one attached hydrogen (secondary N) is 1. The van der Waals surface area contributed by atoms with E-state index in [9.17, 15) is 5.11 Å². The minimum atomic E-state index is 0.0523. The highest BCUT2D eigenvalue weighted by Crippen LogP contribution is 2.05. The van der Waals surface area contributed by atoms with Crippen LogP contribution in [0.4, 0.5) is 0 Å². The summed E-state index contributed by atoms with van der Waals surface area (Å²) < 4.78 is 0. The van der Waals surface area contributed by atoms with Crippen molar-refractivity contribution in [1.82, 2.24) is 10.2 Å².